The molecular weight excluding hydrogens is 757 g/mol. The largest absolute Gasteiger partial charge is 0.457 e. The summed E-state index contributed by atoms with van der Waals surface area (Å²) in [6.07, 6.45) is 10.8. The van der Waals surface area contributed by atoms with Crippen LogP contribution in [0, 0.1) is 6.92 Å². The summed E-state index contributed by atoms with van der Waals surface area (Å²) in [4.78, 5) is 12.1. The van der Waals surface area contributed by atoms with Gasteiger partial charge in [-0.05, 0) is 119 Å². The van der Waals surface area contributed by atoms with Crippen molar-refractivity contribution in [3.8, 4) is 17.3 Å². The van der Waals surface area contributed by atoms with Crippen molar-refractivity contribution in [1.29, 1.82) is 0 Å². The van der Waals surface area contributed by atoms with E-state index in [0.29, 0.717) is 6.67 Å². The van der Waals surface area contributed by atoms with E-state index in [1.807, 2.05) is 12.3 Å². The zero-order chi connectivity index (χ0) is 42.0. The van der Waals surface area contributed by atoms with E-state index in [2.05, 4.69) is 229 Å². The van der Waals surface area contributed by atoms with Gasteiger partial charge in [-0.25, -0.2) is 4.98 Å². The highest BCUT2D eigenvalue weighted by Gasteiger charge is 2.39. The maximum absolute atomic E-state index is 6.77. The Morgan fingerprint density at radius 2 is 1.34 bits per heavy atom. The van der Waals surface area contributed by atoms with E-state index in [0.717, 1.165) is 45.1 Å². The second kappa shape index (κ2) is 14.9. The number of ether oxygens (including phenoxy) is 1. The Hall–Kier alpha value is -7.51. The molecular formula is C55H46BN5O. The summed E-state index contributed by atoms with van der Waals surface area (Å²) >= 11 is 0. The molecule has 7 heteroatoms. The van der Waals surface area contributed by atoms with Gasteiger partial charge in [0.2, 0.25) is 0 Å². The van der Waals surface area contributed by atoms with Gasteiger partial charge in [0.05, 0.1) is 29.1 Å². The van der Waals surface area contributed by atoms with Crippen molar-refractivity contribution in [2.24, 2.45) is 0 Å². The fourth-order valence-electron chi connectivity index (χ4n) is 9.20. The number of hydrogen-bond donors (Lipinski definition) is 0. The number of rotatable bonds is 7. The average Bonchev–Trinajstić information content (AvgIpc) is 3.85. The molecule has 11 rings (SSSR count). The number of benzene rings is 6. The van der Waals surface area contributed by atoms with Crippen molar-refractivity contribution in [2.75, 3.05) is 16.5 Å². The number of allylic oxidation sites excluding steroid dienone is 4. The van der Waals surface area contributed by atoms with Crippen molar-refractivity contribution in [2.45, 2.75) is 33.1 Å². The molecule has 6 aromatic carbocycles. The fourth-order valence-corrected chi connectivity index (χ4v) is 9.20. The molecule has 8 aromatic rings. The number of pyridine rings is 1. The van der Waals surface area contributed by atoms with Crippen LogP contribution in [0.25, 0.3) is 38.8 Å². The summed E-state index contributed by atoms with van der Waals surface area (Å²) in [5.74, 6) is 4.85. The van der Waals surface area contributed by atoms with E-state index >= 15 is 0 Å². The average molecular weight is 804 g/mol. The van der Waals surface area contributed by atoms with Crippen LogP contribution in [0.1, 0.15) is 43.0 Å². The molecule has 3 aliphatic heterocycles. The third-order valence-electron chi connectivity index (χ3n) is 12.4. The smallest absolute Gasteiger partial charge is 0.338 e. The molecule has 3 aliphatic rings. The minimum Gasteiger partial charge on any atom is -0.457 e. The molecule has 0 unspecified atom stereocenters. The molecule has 0 N–H and O–H groups in total. The highest BCUT2D eigenvalue weighted by atomic mass is 16.5. The number of aromatic nitrogens is 2. The maximum Gasteiger partial charge on any atom is 0.338 e. The van der Waals surface area contributed by atoms with Crippen molar-refractivity contribution < 1.29 is 4.74 Å². The lowest BCUT2D eigenvalue weighted by Gasteiger charge is -2.37. The summed E-state index contributed by atoms with van der Waals surface area (Å²) in [5, 5.41) is 2.34. The lowest BCUT2D eigenvalue weighted by Crippen LogP contribution is -2.44. The van der Waals surface area contributed by atoms with Crippen LogP contribution in [-0.2, 0) is 5.41 Å². The first-order chi connectivity index (χ1) is 30.3. The molecule has 62 heavy (non-hydrogen) atoms. The Labute approximate surface area is 363 Å². The van der Waals surface area contributed by atoms with Crippen LogP contribution in [0.4, 0.5) is 17.1 Å². The molecule has 0 atom stereocenters. The van der Waals surface area contributed by atoms with Gasteiger partial charge in [0, 0.05) is 40.4 Å². The van der Waals surface area contributed by atoms with Gasteiger partial charge < -0.3 is 19.3 Å². The minimum absolute atomic E-state index is 0.00691. The normalized spacial score (nSPS) is 14.8. The summed E-state index contributed by atoms with van der Waals surface area (Å²) in [6, 6.07) is 56.1. The molecule has 5 heterocycles. The van der Waals surface area contributed by atoms with Crippen molar-refractivity contribution >= 4 is 56.9 Å². The molecule has 0 amide bonds. The standard InChI is InChI=1S/C55H46BN5O/c1-38-21-23-39(24-22-38)41-28-31-58-32-29-46(40-13-6-5-7-14-40)54(56(58)36-41)60-37-59(50-19-10-11-20-51(50)60)43-15-12-16-44(34-43)62-45-25-26-48-47-17-8-9-18-49(47)61(52(48)35-45)53-33-42(27-30-57-53)55(2,3)4/h5-36H,37H2,1-4H3. The van der Waals surface area contributed by atoms with E-state index in [-0.39, 0.29) is 12.3 Å². The molecule has 0 spiro atoms. The van der Waals surface area contributed by atoms with E-state index in [9.17, 15) is 0 Å². The van der Waals surface area contributed by atoms with Crippen LogP contribution >= 0.6 is 0 Å². The Morgan fingerprint density at radius 1 is 0.613 bits per heavy atom. The van der Waals surface area contributed by atoms with Gasteiger partial charge in [-0.1, -0.05) is 123 Å². The molecule has 6 nitrogen and oxygen atoms in total. The summed E-state index contributed by atoms with van der Waals surface area (Å²) in [6.45, 7) is 9.48. The zero-order valence-electron chi connectivity index (χ0n) is 35.4. The summed E-state index contributed by atoms with van der Waals surface area (Å²) in [5.41, 5.74) is 14.1. The first-order valence-electron chi connectivity index (χ1n) is 21.4. The molecule has 0 fully saturated rings. The van der Waals surface area contributed by atoms with Gasteiger partial charge in [0.15, 0.2) is 0 Å². The highest BCUT2D eigenvalue weighted by molar-refractivity contribution is 6.73. The Kier molecular flexibility index (Phi) is 9.01. The number of anilines is 3. The number of nitrogens with zero attached hydrogens (tertiary/aromatic N) is 5. The van der Waals surface area contributed by atoms with Crippen molar-refractivity contribution in [3.63, 3.8) is 0 Å². The van der Waals surface area contributed by atoms with Crippen molar-refractivity contribution in [1.82, 2.24) is 14.4 Å². The number of hydrogen-bond acceptors (Lipinski definition) is 5. The molecule has 2 aromatic heterocycles. The zero-order valence-corrected chi connectivity index (χ0v) is 35.4. The minimum atomic E-state index is -0.0177. The lowest BCUT2D eigenvalue weighted by molar-refractivity contribution is 0.483. The second-order valence-corrected chi connectivity index (χ2v) is 17.4. The van der Waals surface area contributed by atoms with Crippen LogP contribution < -0.4 is 14.5 Å². The lowest BCUT2D eigenvalue weighted by atomic mass is 9.51. The number of aryl methyl sites for hydroxylation is 1. The Morgan fingerprint density at radius 3 is 2.16 bits per heavy atom. The quantitative estimate of drug-likeness (QED) is 0.150. The predicted molar refractivity (Wildman–Crippen MR) is 258 cm³/mol. The van der Waals surface area contributed by atoms with Gasteiger partial charge in [-0.3, -0.25) is 4.57 Å². The van der Waals surface area contributed by atoms with Gasteiger partial charge in [-0.15, -0.1) is 0 Å². The van der Waals surface area contributed by atoms with Gasteiger partial charge in [-0.2, -0.15) is 0 Å². The Balaban J connectivity index is 0.964. The SMILES string of the molecule is Cc1ccc(C2=CB3C(N4CN(c5cccc(Oc6ccc7c8ccccc8n(-c8cc(C(C)(C)C)ccn8)c7c6)c5)c5ccccc54)=C(c4ccccc4)C=CN3C=C2)cc1. The van der Waals surface area contributed by atoms with Crippen LogP contribution in [0.15, 0.2) is 200 Å². The van der Waals surface area contributed by atoms with Gasteiger partial charge in [0.1, 0.15) is 17.3 Å². The highest BCUT2D eigenvalue weighted by Crippen LogP contribution is 2.47. The van der Waals surface area contributed by atoms with Crippen LogP contribution in [0.3, 0.4) is 0 Å². The molecule has 300 valence electrons. The van der Waals surface area contributed by atoms with E-state index in [1.165, 1.54) is 50.1 Å². The molecule has 0 saturated heterocycles. The number of para-hydroxylation sites is 3. The monoisotopic (exact) mass is 803 g/mol. The maximum atomic E-state index is 6.77. The fraction of sp³-hybridized carbons (Fsp3) is 0.109. The van der Waals surface area contributed by atoms with Crippen LogP contribution in [0.5, 0.6) is 11.5 Å². The molecule has 0 bridgehead atoms. The summed E-state index contributed by atoms with van der Waals surface area (Å²) < 4.78 is 9.04. The molecule has 0 aliphatic carbocycles. The third-order valence-corrected chi connectivity index (χ3v) is 12.4. The molecule has 0 saturated carbocycles. The second-order valence-electron chi connectivity index (χ2n) is 17.4. The third kappa shape index (κ3) is 6.58. The van der Waals surface area contributed by atoms with Crippen LogP contribution in [-0.4, -0.2) is 27.9 Å². The van der Waals surface area contributed by atoms with E-state index in [4.69, 9.17) is 9.72 Å². The summed E-state index contributed by atoms with van der Waals surface area (Å²) in [7, 11) is 0. The topological polar surface area (TPSA) is 36.8 Å². The number of fused-ring (bicyclic) bond motifs is 5. The predicted octanol–water partition coefficient (Wildman–Crippen LogP) is 13.4. The van der Waals surface area contributed by atoms with E-state index in [1.54, 1.807) is 0 Å². The first-order valence-corrected chi connectivity index (χ1v) is 21.4. The van der Waals surface area contributed by atoms with Gasteiger partial charge >= 0.3 is 6.85 Å². The van der Waals surface area contributed by atoms with E-state index < -0.39 is 0 Å². The Bertz CT molecular complexity index is 3150. The molecule has 0 radical (unpaired) electrons. The van der Waals surface area contributed by atoms with Gasteiger partial charge in [0.25, 0.3) is 0 Å². The first kappa shape index (κ1) is 37.5. The van der Waals surface area contributed by atoms with Crippen LogP contribution in [0.2, 0.25) is 0 Å². The van der Waals surface area contributed by atoms with Crippen molar-refractivity contribution in [3.05, 3.63) is 222 Å².